The molecule has 3 rings (SSSR count). The first-order valence-corrected chi connectivity index (χ1v) is 7.46. The summed E-state index contributed by atoms with van der Waals surface area (Å²) in [5, 5.41) is 10.3. The lowest BCUT2D eigenvalue weighted by Gasteiger charge is -2.00. The zero-order chi connectivity index (χ0) is 16.2. The van der Waals surface area contributed by atoms with Gasteiger partial charge in [-0.05, 0) is 12.1 Å². The van der Waals surface area contributed by atoms with E-state index < -0.39 is 0 Å². The summed E-state index contributed by atoms with van der Waals surface area (Å²) in [4.78, 5) is 12.5. The molecule has 2 aromatic carbocycles. The lowest BCUT2D eigenvalue weighted by Crippen LogP contribution is -2.01. The van der Waals surface area contributed by atoms with E-state index in [0.717, 1.165) is 22.3 Å². The van der Waals surface area contributed by atoms with E-state index >= 15 is 0 Å². The number of allylic oxidation sites excluding steroid dienone is 1. The number of hydrogen-bond donors (Lipinski definition) is 0. The smallest absolute Gasteiger partial charge is 0.203 e. The summed E-state index contributed by atoms with van der Waals surface area (Å²) < 4.78 is 5.81. The van der Waals surface area contributed by atoms with Crippen LogP contribution in [0.2, 0.25) is 0 Å². The minimum Gasteiger partial charge on any atom is -0.460 e. The molecule has 3 aromatic rings. The number of nitriles is 1. The second-order valence-corrected chi connectivity index (χ2v) is 5.15. The second-order valence-electron chi connectivity index (χ2n) is 5.15. The quantitative estimate of drug-likeness (QED) is 0.395. The first kappa shape index (κ1) is 14.8. The zero-order valence-corrected chi connectivity index (χ0v) is 12.7. The van der Waals surface area contributed by atoms with Crippen LogP contribution in [0.15, 0.2) is 64.6 Å². The summed E-state index contributed by atoms with van der Waals surface area (Å²) >= 11 is 0. The molecule has 0 spiro atoms. The van der Waals surface area contributed by atoms with Gasteiger partial charge in [0.05, 0.1) is 0 Å². The minimum absolute atomic E-state index is 0.109. The van der Waals surface area contributed by atoms with Crippen molar-refractivity contribution in [2.24, 2.45) is 0 Å². The standard InChI is InChI=1S/C20H15NO2/c1-2-18-17(16-10-6-7-11-19(16)23-18)12-15(13-21)20(22)14-8-4-3-5-9-14/h3-12H,2H2,1H3/b15-12+. The van der Waals surface area contributed by atoms with Gasteiger partial charge in [-0.1, -0.05) is 55.5 Å². The molecule has 0 aliphatic rings. The number of nitrogens with zero attached hydrogens (tertiary/aromatic N) is 1. The van der Waals surface area contributed by atoms with Crippen LogP contribution in [0.5, 0.6) is 0 Å². The van der Waals surface area contributed by atoms with Crippen molar-refractivity contribution < 1.29 is 9.21 Å². The molecule has 0 saturated heterocycles. The van der Waals surface area contributed by atoms with Gasteiger partial charge >= 0.3 is 0 Å². The first-order valence-electron chi connectivity index (χ1n) is 7.46. The van der Waals surface area contributed by atoms with Gasteiger partial charge in [-0.15, -0.1) is 0 Å². The van der Waals surface area contributed by atoms with Crippen LogP contribution in [0.25, 0.3) is 17.0 Å². The predicted molar refractivity (Wildman–Crippen MR) is 90.0 cm³/mol. The van der Waals surface area contributed by atoms with Gasteiger partial charge in [-0.25, -0.2) is 0 Å². The monoisotopic (exact) mass is 301 g/mol. The van der Waals surface area contributed by atoms with E-state index in [1.165, 1.54) is 0 Å². The van der Waals surface area contributed by atoms with Crippen LogP contribution in [0, 0.1) is 11.3 Å². The van der Waals surface area contributed by atoms with Crippen LogP contribution in [-0.2, 0) is 6.42 Å². The SMILES string of the molecule is CCc1oc2ccccc2c1/C=C(\C#N)C(=O)c1ccccc1. The molecule has 1 heterocycles. The van der Waals surface area contributed by atoms with Crippen molar-refractivity contribution in [3.63, 3.8) is 0 Å². The number of carbonyl (C=O) groups excluding carboxylic acids is 1. The van der Waals surface area contributed by atoms with E-state index in [4.69, 9.17) is 4.42 Å². The van der Waals surface area contributed by atoms with E-state index in [2.05, 4.69) is 0 Å². The van der Waals surface area contributed by atoms with Crippen molar-refractivity contribution in [2.45, 2.75) is 13.3 Å². The van der Waals surface area contributed by atoms with E-state index in [1.807, 2.05) is 43.3 Å². The summed E-state index contributed by atoms with van der Waals surface area (Å²) in [5.74, 6) is 0.500. The number of fused-ring (bicyclic) bond motifs is 1. The summed E-state index contributed by atoms with van der Waals surface area (Å²) in [6, 6.07) is 18.5. The fourth-order valence-corrected chi connectivity index (χ4v) is 2.57. The lowest BCUT2D eigenvalue weighted by molar-refractivity contribution is 0.104. The highest BCUT2D eigenvalue weighted by Crippen LogP contribution is 2.28. The lowest BCUT2D eigenvalue weighted by atomic mass is 10.0. The molecule has 0 bridgehead atoms. The third-order valence-corrected chi connectivity index (χ3v) is 3.72. The van der Waals surface area contributed by atoms with Gasteiger partial charge in [0.25, 0.3) is 0 Å². The molecule has 0 aliphatic heterocycles. The number of furan rings is 1. The highest BCUT2D eigenvalue weighted by Gasteiger charge is 2.16. The molecule has 0 saturated carbocycles. The maximum atomic E-state index is 12.5. The molecule has 0 atom stereocenters. The normalized spacial score (nSPS) is 11.4. The van der Waals surface area contributed by atoms with Crippen LogP contribution in [-0.4, -0.2) is 5.78 Å². The Morgan fingerprint density at radius 1 is 1.13 bits per heavy atom. The van der Waals surface area contributed by atoms with Gasteiger partial charge in [0.15, 0.2) is 0 Å². The largest absolute Gasteiger partial charge is 0.460 e. The van der Waals surface area contributed by atoms with Crippen molar-refractivity contribution >= 4 is 22.8 Å². The van der Waals surface area contributed by atoms with Crippen LogP contribution < -0.4 is 0 Å². The van der Waals surface area contributed by atoms with Crippen molar-refractivity contribution in [2.75, 3.05) is 0 Å². The molecule has 0 fully saturated rings. The summed E-state index contributed by atoms with van der Waals surface area (Å²) in [5.41, 5.74) is 2.19. The van der Waals surface area contributed by atoms with Gasteiger partial charge in [-0.3, -0.25) is 4.79 Å². The second kappa shape index (κ2) is 6.33. The van der Waals surface area contributed by atoms with Gasteiger partial charge < -0.3 is 4.42 Å². The molecule has 112 valence electrons. The van der Waals surface area contributed by atoms with Crippen molar-refractivity contribution in [3.8, 4) is 6.07 Å². The maximum absolute atomic E-state index is 12.5. The average Bonchev–Trinajstić information content (AvgIpc) is 2.97. The molecule has 1 aromatic heterocycles. The number of para-hydroxylation sites is 1. The number of aryl methyl sites for hydroxylation is 1. The third kappa shape index (κ3) is 2.79. The van der Waals surface area contributed by atoms with Crippen LogP contribution in [0.4, 0.5) is 0 Å². The molecule has 0 unspecified atom stereocenters. The Morgan fingerprint density at radius 2 is 1.83 bits per heavy atom. The van der Waals surface area contributed by atoms with Gasteiger partial charge in [0, 0.05) is 22.9 Å². The molecule has 0 amide bonds. The number of benzene rings is 2. The highest BCUT2D eigenvalue weighted by molar-refractivity contribution is 6.14. The maximum Gasteiger partial charge on any atom is 0.203 e. The number of Topliss-reactive ketones (excluding diaryl/α,β-unsaturated/α-hetero) is 1. The Labute approximate surface area is 134 Å². The molecule has 23 heavy (non-hydrogen) atoms. The zero-order valence-electron chi connectivity index (χ0n) is 12.7. The van der Waals surface area contributed by atoms with E-state index in [-0.39, 0.29) is 11.4 Å². The number of hydrogen-bond acceptors (Lipinski definition) is 3. The highest BCUT2D eigenvalue weighted by atomic mass is 16.3. The molecule has 3 heteroatoms. The van der Waals surface area contributed by atoms with E-state index in [1.54, 1.807) is 30.3 Å². The molecular weight excluding hydrogens is 286 g/mol. The summed E-state index contributed by atoms with van der Waals surface area (Å²) in [7, 11) is 0. The molecule has 0 N–H and O–H groups in total. The van der Waals surface area contributed by atoms with Gasteiger partial charge in [-0.2, -0.15) is 5.26 Å². The fourth-order valence-electron chi connectivity index (χ4n) is 2.57. The Balaban J connectivity index is 2.12. The Morgan fingerprint density at radius 3 is 2.52 bits per heavy atom. The van der Waals surface area contributed by atoms with E-state index in [0.29, 0.717) is 12.0 Å². The van der Waals surface area contributed by atoms with Gasteiger partial charge in [0.1, 0.15) is 23.0 Å². The van der Waals surface area contributed by atoms with Crippen molar-refractivity contribution in [1.29, 1.82) is 5.26 Å². The molecular formula is C20H15NO2. The molecule has 0 radical (unpaired) electrons. The third-order valence-electron chi connectivity index (χ3n) is 3.72. The Bertz CT molecular complexity index is 927. The number of carbonyl (C=O) groups is 1. The van der Waals surface area contributed by atoms with Gasteiger partial charge in [0.2, 0.25) is 5.78 Å². The average molecular weight is 301 g/mol. The summed E-state index contributed by atoms with van der Waals surface area (Å²) in [6.07, 6.45) is 2.33. The topological polar surface area (TPSA) is 54.0 Å². The van der Waals surface area contributed by atoms with Crippen LogP contribution in [0.3, 0.4) is 0 Å². The number of rotatable bonds is 4. The van der Waals surface area contributed by atoms with Crippen LogP contribution in [0.1, 0.15) is 28.6 Å². The van der Waals surface area contributed by atoms with Crippen molar-refractivity contribution in [3.05, 3.63) is 77.1 Å². The van der Waals surface area contributed by atoms with E-state index in [9.17, 15) is 10.1 Å². The molecule has 0 aliphatic carbocycles. The first-order chi connectivity index (χ1) is 11.2. The Kier molecular flexibility index (Phi) is 4.07. The number of ketones is 1. The van der Waals surface area contributed by atoms with Crippen LogP contribution >= 0.6 is 0 Å². The minimum atomic E-state index is -0.277. The fraction of sp³-hybridized carbons (Fsp3) is 0.100. The van der Waals surface area contributed by atoms with Crippen molar-refractivity contribution in [1.82, 2.24) is 0 Å². The Hall–Kier alpha value is -3.12. The molecule has 3 nitrogen and oxygen atoms in total. The summed E-state index contributed by atoms with van der Waals surface area (Å²) in [6.45, 7) is 1.99. The predicted octanol–water partition coefficient (Wildman–Crippen LogP) is 4.79.